The van der Waals surface area contributed by atoms with Crippen LogP contribution in [0.25, 0.3) is 22.3 Å². The lowest BCUT2D eigenvalue weighted by Crippen LogP contribution is -1.90. The van der Waals surface area contributed by atoms with E-state index in [2.05, 4.69) is 15.2 Å². The summed E-state index contributed by atoms with van der Waals surface area (Å²) in [5.41, 5.74) is 2.76. The summed E-state index contributed by atoms with van der Waals surface area (Å²) in [5.74, 6) is 0.379. The third-order valence-corrected chi connectivity index (χ3v) is 2.84. The fourth-order valence-electron chi connectivity index (χ4n) is 1.98. The lowest BCUT2D eigenvalue weighted by Gasteiger charge is -1.97. The number of aldehydes is 1. The Hall–Kier alpha value is -2.50. The smallest absolute Gasteiger partial charge is 0.291 e. The normalized spacial score (nSPS) is 11.0. The van der Waals surface area contributed by atoms with Crippen LogP contribution in [-0.2, 0) is 7.05 Å². The average Bonchev–Trinajstić information content (AvgIpc) is 2.95. The standard InChI is InChI=1S/C12H10N4O2/c1-7-9-4-3-8(5-10(9)16(2)14-7)12-13-11(6-17)18-15-12/h3-6H,1-2H3. The maximum absolute atomic E-state index is 10.5. The number of aromatic nitrogens is 4. The van der Waals surface area contributed by atoms with Crippen LogP contribution in [0.3, 0.4) is 0 Å². The van der Waals surface area contributed by atoms with E-state index in [1.807, 2.05) is 32.2 Å². The van der Waals surface area contributed by atoms with E-state index in [-0.39, 0.29) is 5.89 Å². The molecule has 90 valence electrons. The first kappa shape index (κ1) is 10.6. The Kier molecular flexibility index (Phi) is 2.22. The van der Waals surface area contributed by atoms with Gasteiger partial charge in [-0.25, -0.2) is 0 Å². The minimum Gasteiger partial charge on any atom is -0.331 e. The van der Waals surface area contributed by atoms with E-state index in [4.69, 9.17) is 4.52 Å². The number of aryl methyl sites for hydroxylation is 2. The molecule has 0 spiro atoms. The van der Waals surface area contributed by atoms with Gasteiger partial charge in [-0.2, -0.15) is 10.1 Å². The van der Waals surface area contributed by atoms with Gasteiger partial charge in [0.05, 0.1) is 11.2 Å². The molecule has 0 unspecified atom stereocenters. The highest BCUT2D eigenvalue weighted by Gasteiger charge is 2.11. The Morgan fingerprint density at radius 2 is 2.22 bits per heavy atom. The number of benzene rings is 1. The third kappa shape index (κ3) is 1.50. The van der Waals surface area contributed by atoms with Crippen LogP contribution < -0.4 is 0 Å². The Labute approximate surface area is 102 Å². The minimum atomic E-state index is -0.0220. The minimum absolute atomic E-state index is 0.0220. The van der Waals surface area contributed by atoms with Crippen molar-refractivity contribution in [2.24, 2.45) is 7.05 Å². The van der Waals surface area contributed by atoms with Crippen molar-refractivity contribution in [2.75, 3.05) is 0 Å². The van der Waals surface area contributed by atoms with E-state index in [1.54, 1.807) is 4.68 Å². The highest BCUT2D eigenvalue weighted by molar-refractivity contribution is 5.85. The molecule has 0 saturated carbocycles. The van der Waals surface area contributed by atoms with Gasteiger partial charge in [0.15, 0.2) is 0 Å². The molecule has 3 aromatic rings. The predicted molar refractivity (Wildman–Crippen MR) is 64.1 cm³/mol. The number of hydrogen-bond acceptors (Lipinski definition) is 5. The van der Waals surface area contributed by atoms with Crippen molar-refractivity contribution in [1.82, 2.24) is 19.9 Å². The number of fused-ring (bicyclic) bond motifs is 1. The molecule has 6 heteroatoms. The van der Waals surface area contributed by atoms with Crippen LogP contribution in [0.4, 0.5) is 0 Å². The molecule has 0 radical (unpaired) electrons. The van der Waals surface area contributed by atoms with Crippen LogP contribution in [0.5, 0.6) is 0 Å². The second-order valence-corrected chi connectivity index (χ2v) is 4.02. The van der Waals surface area contributed by atoms with Crippen molar-refractivity contribution in [2.45, 2.75) is 6.92 Å². The summed E-state index contributed by atoms with van der Waals surface area (Å²) in [5, 5.41) is 9.18. The Bertz CT molecular complexity index is 742. The van der Waals surface area contributed by atoms with Crippen LogP contribution in [0.2, 0.25) is 0 Å². The zero-order valence-electron chi connectivity index (χ0n) is 9.91. The van der Waals surface area contributed by atoms with Crippen LogP contribution in [0.15, 0.2) is 22.7 Å². The molecule has 3 rings (SSSR count). The molecule has 0 aliphatic rings. The Morgan fingerprint density at radius 3 is 2.94 bits per heavy atom. The first-order valence-corrected chi connectivity index (χ1v) is 5.41. The average molecular weight is 242 g/mol. The van der Waals surface area contributed by atoms with Crippen molar-refractivity contribution < 1.29 is 9.32 Å². The number of carbonyl (C=O) groups is 1. The second kappa shape index (κ2) is 3.76. The molecule has 0 N–H and O–H groups in total. The molecule has 2 heterocycles. The molecule has 0 saturated heterocycles. The fraction of sp³-hybridized carbons (Fsp3) is 0.167. The molecular weight excluding hydrogens is 232 g/mol. The zero-order valence-corrected chi connectivity index (χ0v) is 9.91. The molecule has 0 atom stereocenters. The highest BCUT2D eigenvalue weighted by Crippen LogP contribution is 2.23. The Balaban J connectivity index is 2.18. The molecule has 18 heavy (non-hydrogen) atoms. The predicted octanol–water partition coefficient (Wildman–Crippen LogP) is 1.74. The lowest BCUT2D eigenvalue weighted by molar-refractivity contribution is 0.108. The van der Waals surface area contributed by atoms with Crippen molar-refractivity contribution in [3.05, 3.63) is 29.8 Å². The van der Waals surface area contributed by atoms with E-state index in [0.717, 1.165) is 22.2 Å². The van der Waals surface area contributed by atoms with Gasteiger partial charge in [0.25, 0.3) is 5.89 Å². The van der Waals surface area contributed by atoms with Gasteiger partial charge in [-0.05, 0) is 13.0 Å². The summed E-state index contributed by atoms with van der Waals surface area (Å²) in [6, 6.07) is 5.77. The van der Waals surface area contributed by atoms with E-state index in [9.17, 15) is 4.79 Å². The fourth-order valence-corrected chi connectivity index (χ4v) is 1.98. The monoisotopic (exact) mass is 242 g/mol. The summed E-state index contributed by atoms with van der Waals surface area (Å²) < 4.78 is 6.56. The van der Waals surface area contributed by atoms with E-state index >= 15 is 0 Å². The van der Waals surface area contributed by atoms with Crippen LogP contribution >= 0.6 is 0 Å². The third-order valence-electron chi connectivity index (χ3n) is 2.84. The van der Waals surface area contributed by atoms with Crippen molar-refractivity contribution in [1.29, 1.82) is 0 Å². The highest BCUT2D eigenvalue weighted by atomic mass is 16.5. The summed E-state index contributed by atoms with van der Waals surface area (Å²) in [6.45, 7) is 1.96. The molecule has 0 amide bonds. The van der Waals surface area contributed by atoms with Gasteiger partial charge in [0, 0.05) is 18.0 Å². The van der Waals surface area contributed by atoms with Crippen molar-refractivity contribution in [3.8, 4) is 11.4 Å². The maximum atomic E-state index is 10.5. The summed E-state index contributed by atoms with van der Waals surface area (Å²) >= 11 is 0. The van der Waals surface area contributed by atoms with Crippen molar-refractivity contribution in [3.63, 3.8) is 0 Å². The number of hydrogen-bond donors (Lipinski definition) is 0. The van der Waals surface area contributed by atoms with Crippen LogP contribution in [-0.4, -0.2) is 26.2 Å². The van der Waals surface area contributed by atoms with Gasteiger partial charge in [-0.1, -0.05) is 17.3 Å². The molecule has 0 aliphatic carbocycles. The van der Waals surface area contributed by atoms with Gasteiger partial charge >= 0.3 is 0 Å². The first-order chi connectivity index (χ1) is 8.69. The number of carbonyl (C=O) groups excluding carboxylic acids is 1. The van der Waals surface area contributed by atoms with Crippen molar-refractivity contribution >= 4 is 17.2 Å². The molecular formula is C12H10N4O2. The molecule has 0 bridgehead atoms. The summed E-state index contributed by atoms with van der Waals surface area (Å²) in [7, 11) is 1.88. The largest absolute Gasteiger partial charge is 0.331 e. The van der Waals surface area contributed by atoms with Gasteiger partial charge in [0.1, 0.15) is 0 Å². The van der Waals surface area contributed by atoms with E-state index in [1.165, 1.54) is 0 Å². The number of rotatable bonds is 2. The number of nitrogens with zero attached hydrogens (tertiary/aromatic N) is 4. The van der Waals surface area contributed by atoms with Gasteiger partial charge in [0.2, 0.25) is 12.1 Å². The maximum Gasteiger partial charge on any atom is 0.291 e. The van der Waals surface area contributed by atoms with Gasteiger partial charge in [-0.15, -0.1) is 0 Å². The SMILES string of the molecule is Cc1nn(C)c2cc(-c3noc(C=O)n3)ccc12. The van der Waals surface area contributed by atoms with Gasteiger partial charge in [-0.3, -0.25) is 9.48 Å². The van der Waals surface area contributed by atoms with Gasteiger partial charge < -0.3 is 4.52 Å². The van der Waals surface area contributed by atoms with Crippen LogP contribution in [0, 0.1) is 6.92 Å². The van der Waals surface area contributed by atoms with E-state index < -0.39 is 0 Å². The first-order valence-electron chi connectivity index (χ1n) is 5.41. The lowest BCUT2D eigenvalue weighted by atomic mass is 10.1. The topological polar surface area (TPSA) is 73.8 Å². The van der Waals surface area contributed by atoms with E-state index in [0.29, 0.717) is 12.1 Å². The summed E-state index contributed by atoms with van der Waals surface area (Å²) in [4.78, 5) is 14.5. The molecule has 0 fully saturated rings. The quantitative estimate of drug-likeness (QED) is 0.640. The Morgan fingerprint density at radius 1 is 1.39 bits per heavy atom. The second-order valence-electron chi connectivity index (χ2n) is 4.02. The molecule has 2 aromatic heterocycles. The molecule has 6 nitrogen and oxygen atoms in total. The summed E-state index contributed by atoms with van der Waals surface area (Å²) in [6.07, 6.45) is 0.531. The molecule has 0 aliphatic heterocycles. The van der Waals surface area contributed by atoms with Crippen LogP contribution in [0.1, 0.15) is 16.4 Å². The molecule has 1 aromatic carbocycles. The zero-order chi connectivity index (χ0) is 12.7.